The molecule has 4 aromatic carbocycles. The van der Waals surface area contributed by atoms with Crippen molar-refractivity contribution in [3.05, 3.63) is 118 Å². The highest BCUT2D eigenvalue weighted by Gasteiger charge is 2.44. The molecule has 0 atom stereocenters. The van der Waals surface area contributed by atoms with Crippen LogP contribution >= 0.6 is 0 Å². The van der Waals surface area contributed by atoms with Crippen LogP contribution in [0.15, 0.2) is 72.8 Å². The number of alkyl halides is 15. The van der Waals surface area contributed by atoms with E-state index in [9.17, 15) is 74.6 Å². The second-order valence-electron chi connectivity index (χ2n) is 10.9. The molecule has 0 unspecified atom stereocenters. The van der Waals surface area contributed by atoms with Gasteiger partial charge in [0.05, 0.1) is 27.8 Å². The molecule has 0 bridgehead atoms. The van der Waals surface area contributed by atoms with E-state index >= 15 is 0 Å². The predicted octanol–water partition coefficient (Wildman–Crippen LogP) is 8.74. The maximum Gasteiger partial charge on any atom is 0.416 e. The Labute approximate surface area is 258 Å². The van der Waals surface area contributed by atoms with Crippen LogP contribution in [0.25, 0.3) is 0 Å². The third kappa shape index (κ3) is 7.26. The zero-order valence-corrected chi connectivity index (χ0v) is 23.4. The van der Waals surface area contributed by atoms with Crippen LogP contribution in [0.2, 0.25) is 0 Å². The second kappa shape index (κ2) is 11.7. The Morgan fingerprint density at radius 3 is 0.875 bits per heavy atom. The molecular weight excluding hydrogens is 694 g/mol. The molecule has 0 heterocycles. The fourth-order valence-electron chi connectivity index (χ4n) is 5.65. The van der Waals surface area contributed by atoms with E-state index in [1.54, 1.807) is 0 Å². The van der Waals surface area contributed by atoms with Crippen molar-refractivity contribution in [2.75, 3.05) is 0 Å². The minimum atomic E-state index is -5.69. The lowest BCUT2D eigenvalue weighted by atomic mass is 9.12. The minimum Gasteiger partial charge on any atom is -0.207 e. The fourth-order valence-corrected chi connectivity index (χ4v) is 5.65. The molecule has 4 aromatic rings. The van der Waals surface area contributed by atoms with E-state index in [1.807, 2.05) is 0 Å². The van der Waals surface area contributed by atoms with Gasteiger partial charge in [0, 0.05) is 0 Å². The largest absolute Gasteiger partial charge is 0.416 e. The van der Waals surface area contributed by atoms with Gasteiger partial charge in [-0.15, -0.1) is 0 Å². The smallest absolute Gasteiger partial charge is 0.207 e. The molecule has 0 aliphatic carbocycles. The number of benzene rings is 4. The predicted molar refractivity (Wildman–Crippen MR) is 140 cm³/mol. The standard InChI is InChI=1S/C30H15BF17/c1-14-2-20(12-24(32)3-14)31(23-10-19(30(46,47)48)11-25(33)13-23,21-6-15(26(34,35)36)4-16(7-21)27(37,38)39)22-8-17(28(40,41)42)5-18(9-22)29(43,44)45/h2-13H,1H3/q-1. The van der Waals surface area contributed by atoms with Gasteiger partial charge in [-0.3, -0.25) is 0 Å². The van der Waals surface area contributed by atoms with E-state index in [1.165, 1.54) is 0 Å². The average molecular weight is 709 g/mol. The quantitative estimate of drug-likeness (QED) is 0.147. The summed E-state index contributed by atoms with van der Waals surface area (Å²) in [5.74, 6) is -3.28. The number of halogens is 17. The summed E-state index contributed by atoms with van der Waals surface area (Å²) < 4.78 is 240. The van der Waals surface area contributed by atoms with Gasteiger partial charge in [-0.2, -0.15) is 87.7 Å². The lowest BCUT2D eigenvalue weighted by molar-refractivity contribution is -0.144. The van der Waals surface area contributed by atoms with Gasteiger partial charge in [-0.05, 0) is 31.2 Å². The Balaban J connectivity index is 2.46. The lowest BCUT2D eigenvalue weighted by Crippen LogP contribution is -2.75. The van der Waals surface area contributed by atoms with Gasteiger partial charge in [-0.1, -0.05) is 54.1 Å². The Kier molecular flexibility index (Phi) is 8.93. The molecule has 18 heteroatoms. The third-order valence-corrected chi connectivity index (χ3v) is 7.53. The van der Waals surface area contributed by atoms with Gasteiger partial charge >= 0.3 is 30.9 Å². The van der Waals surface area contributed by atoms with E-state index in [2.05, 4.69) is 0 Å². The Morgan fingerprint density at radius 2 is 0.583 bits per heavy atom. The maximum atomic E-state index is 15.0. The third-order valence-electron chi connectivity index (χ3n) is 7.53. The van der Waals surface area contributed by atoms with Gasteiger partial charge in [0.1, 0.15) is 17.8 Å². The summed E-state index contributed by atoms with van der Waals surface area (Å²) in [4.78, 5) is 0. The molecule has 0 aliphatic rings. The molecule has 0 aliphatic heterocycles. The molecule has 0 aromatic heterocycles. The normalized spacial score (nSPS) is 13.6. The highest BCUT2D eigenvalue weighted by Crippen LogP contribution is 2.38. The SMILES string of the molecule is Cc1cc(F)cc([B-](c2cc(F)cc(C(F)(F)F)c2)(c2cc(C(F)(F)F)cc(C(F)(F)F)c2)c2cc(C(F)(F)F)cc(C(F)(F)F)c2)c1. The second-order valence-corrected chi connectivity index (χ2v) is 10.9. The van der Waals surface area contributed by atoms with Crippen molar-refractivity contribution < 1.29 is 74.6 Å². The molecule has 0 amide bonds. The molecule has 48 heavy (non-hydrogen) atoms. The van der Waals surface area contributed by atoms with Crippen LogP contribution in [-0.2, 0) is 30.9 Å². The first kappa shape index (κ1) is 36.6. The number of aryl methyl sites for hydroxylation is 1. The van der Waals surface area contributed by atoms with E-state index in [-0.39, 0.29) is 48.0 Å². The highest BCUT2D eigenvalue weighted by molar-refractivity contribution is 7.20. The highest BCUT2D eigenvalue weighted by atomic mass is 19.4. The molecular formula is C30H15BF17-. The van der Waals surface area contributed by atoms with Crippen LogP contribution in [0.3, 0.4) is 0 Å². The van der Waals surface area contributed by atoms with Crippen LogP contribution in [-0.4, -0.2) is 6.15 Å². The molecule has 0 spiro atoms. The van der Waals surface area contributed by atoms with Crippen LogP contribution in [0, 0.1) is 18.6 Å². The zero-order chi connectivity index (χ0) is 36.4. The number of rotatable bonds is 4. The summed E-state index contributed by atoms with van der Waals surface area (Å²) in [7, 11) is 0. The monoisotopic (exact) mass is 709 g/mol. The minimum absolute atomic E-state index is 0.0512. The summed E-state index contributed by atoms with van der Waals surface area (Å²) in [6.45, 7) is 1.06. The van der Waals surface area contributed by atoms with Crippen molar-refractivity contribution in [2.24, 2.45) is 0 Å². The summed E-state index contributed by atoms with van der Waals surface area (Å²) in [5, 5.41) is 0. The van der Waals surface area contributed by atoms with Crippen molar-refractivity contribution in [1.82, 2.24) is 0 Å². The molecule has 0 saturated carbocycles. The van der Waals surface area contributed by atoms with E-state index in [0.717, 1.165) is 13.0 Å². The molecule has 0 radical (unpaired) electrons. The van der Waals surface area contributed by atoms with Crippen molar-refractivity contribution in [3.8, 4) is 0 Å². The molecule has 0 N–H and O–H groups in total. The van der Waals surface area contributed by atoms with Crippen molar-refractivity contribution in [2.45, 2.75) is 37.8 Å². The molecule has 0 saturated heterocycles. The molecule has 0 fully saturated rings. The first-order valence-corrected chi connectivity index (χ1v) is 13.0. The van der Waals surface area contributed by atoms with Gasteiger partial charge in [0.15, 0.2) is 0 Å². The van der Waals surface area contributed by atoms with Gasteiger partial charge in [0.2, 0.25) is 0 Å². The molecule has 0 nitrogen and oxygen atoms in total. The summed E-state index contributed by atoms with van der Waals surface area (Å²) in [6, 6.07) is 0.113. The van der Waals surface area contributed by atoms with Crippen LogP contribution in [0.4, 0.5) is 74.6 Å². The van der Waals surface area contributed by atoms with Crippen LogP contribution in [0.1, 0.15) is 33.4 Å². The van der Waals surface area contributed by atoms with Gasteiger partial charge < -0.3 is 0 Å². The lowest BCUT2D eigenvalue weighted by Gasteiger charge is -2.45. The van der Waals surface area contributed by atoms with Crippen molar-refractivity contribution >= 4 is 28.0 Å². The molecule has 258 valence electrons. The first-order chi connectivity index (χ1) is 21.6. The summed E-state index contributed by atoms with van der Waals surface area (Å²) >= 11 is 0. The maximum absolute atomic E-state index is 15.0. The Hall–Kier alpha value is -4.25. The first-order valence-electron chi connectivity index (χ1n) is 13.0. The number of hydrogen-bond donors (Lipinski definition) is 0. The van der Waals surface area contributed by atoms with E-state index in [4.69, 9.17) is 0 Å². The number of hydrogen-bond acceptors (Lipinski definition) is 0. The van der Waals surface area contributed by atoms with E-state index < -0.39 is 110 Å². The zero-order valence-electron chi connectivity index (χ0n) is 23.4. The summed E-state index contributed by atoms with van der Waals surface area (Å²) in [5.41, 5.74) is -16.2. The summed E-state index contributed by atoms with van der Waals surface area (Å²) in [6.07, 6.45) is -32.9. The fraction of sp³-hybridized carbons (Fsp3) is 0.200. The Bertz CT molecular complexity index is 1680. The van der Waals surface area contributed by atoms with Crippen molar-refractivity contribution in [3.63, 3.8) is 0 Å². The van der Waals surface area contributed by atoms with Gasteiger partial charge in [0.25, 0.3) is 0 Å². The average Bonchev–Trinajstić information content (AvgIpc) is 2.90. The molecule has 4 rings (SSSR count). The van der Waals surface area contributed by atoms with Gasteiger partial charge in [-0.25, -0.2) is 8.78 Å². The van der Waals surface area contributed by atoms with E-state index in [0.29, 0.717) is 12.1 Å². The van der Waals surface area contributed by atoms with Crippen LogP contribution < -0.4 is 21.9 Å². The topological polar surface area (TPSA) is 0 Å². The van der Waals surface area contributed by atoms with Crippen LogP contribution in [0.5, 0.6) is 0 Å². The Morgan fingerprint density at radius 1 is 0.333 bits per heavy atom. The van der Waals surface area contributed by atoms with Crippen molar-refractivity contribution in [1.29, 1.82) is 0 Å².